The van der Waals surface area contributed by atoms with Crippen LogP contribution in [0.1, 0.15) is 5.56 Å². The second-order valence-corrected chi connectivity index (χ2v) is 4.63. The molecule has 0 aliphatic carbocycles. The first-order chi connectivity index (χ1) is 10.1. The van der Waals surface area contributed by atoms with Crippen LogP contribution < -0.4 is 5.32 Å². The molecule has 1 atom stereocenters. The minimum absolute atomic E-state index is 0.0540. The number of amides is 2. The number of benzene rings is 1. The van der Waals surface area contributed by atoms with E-state index in [1.165, 1.54) is 4.90 Å². The Morgan fingerprint density at radius 3 is 2.76 bits per heavy atom. The van der Waals surface area contributed by atoms with E-state index in [2.05, 4.69) is 5.32 Å². The predicted octanol–water partition coefficient (Wildman–Crippen LogP) is 1.07. The second-order valence-electron chi connectivity index (χ2n) is 4.63. The van der Waals surface area contributed by atoms with Crippen LogP contribution in [0.3, 0.4) is 0 Å². The fraction of sp³-hybridized carbons (Fsp3) is 0.357. The molecule has 7 heteroatoms. The van der Waals surface area contributed by atoms with Crippen molar-refractivity contribution in [1.29, 1.82) is 5.26 Å². The van der Waals surface area contributed by atoms with Gasteiger partial charge in [0.25, 0.3) is 0 Å². The maximum Gasteiger partial charge on any atom is 0.322 e. The number of carbonyl (C=O) groups is 2. The molecule has 21 heavy (non-hydrogen) atoms. The summed E-state index contributed by atoms with van der Waals surface area (Å²) in [7, 11) is 0. The monoisotopic (exact) mass is 289 g/mol. The molecule has 1 aromatic rings. The fourth-order valence-electron chi connectivity index (χ4n) is 1.99. The third-order valence-electron chi connectivity index (χ3n) is 3.06. The Bertz CT molecular complexity index is 565. The van der Waals surface area contributed by atoms with Crippen LogP contribution in [0.2, 0.25) is 0 Å². The summed E-state index contributed by atoms with van der Waals surface area (Å²) < 4.78 is 5.17. The zero-order chi connectivity index (χ0) is 15.2. The lowest BCUT2D eigenvalue weighted by molar-refractivity contribution is -0.136. The molecule has 1 aromatic carbocycles. The maximum atomic E-state index is 12.0. The topological polar surface area (TPSA) is 103 Å². The number of carboxylic acid groups (broad SMARTS) is 1. The van der Waals surface area contributed by atoms with E-state index in [1.807, 2.05) is 6.07 Å². The lowest BCUT2D eigenvalue weighted by Gasteiger charge is -2.29. The van der Waals surface area contributed by atoms with Gasteiger partial charge in [-0.2, -0.15) is 5.26 Å². The normalized spacial score (nSPS) is 17.9. The number of hydrogen-bond donors (Lipinski definition) is 2. The molecule has 1 unspecified atom stereocenters. The van der Waals surface area contributed by atoms with Crippen molar-refractivity contribution >= 4 is 17.7 Å². The molecule has 1 aliphatic rings. The smallest absolute Gasteiger partial charge is 0.322 e. The number of aliphatic carboxylic acids is 1. The van der Waals surface area contributed by atoms with E-state index in [0.29, 0.717) is 24.4 Å². The highest BCUT2D eigenvalue weighted by Crippen LogP contribution is 2.12. The zero-order valence-electron chi connectivity index (χ0n) is 11.3. The van der Waals surface area contributed by atoms with Gasteiger partial charge in [-0.25, -0.2) is 4.79 Å². The molecule has 0 aromatic heterocycles. The first kappa shape index (κ1) is 14.8. The van der Waals surface area contributed by atoms with Gasteiger partial charge in [0, 0.05) is 12.2 Å². The number of rotatable bonds is 3. The van der Waals surface area contributed by atoms with Gasteiger partial charge in [0.05, 0.1) is 25.6 Å². The van der Waals surface area contributed by atoms with E-state index in [9.17, 15) is 9.59 Å². The number of nitrogens with one attached hydrogen (secondary N) is 1. The minimum atomic E-state index is -0.900. The Morgan fingerprint density at radius 1 is 1.43 bits per heavy atom. The van der Waals surface area contributed by atoms with Crippen LogP contribution in [-0.2, 0) is 16.0 Å². The molecule has 0 spiro atoms. The number of nitrogens with zero attached hydrogens (tertiary/aromatic N) is 2. The summed E-state index contributed by atoms with van der Waals surface area (Å²) in [4.78, 5) is 24.1. The average Bonchev–Trinajstić information content (AvgIpc) is 2.49. The van der Waals surface area contributed by atoms with Gasteiger partial charge in [0.1, 0.15) is 0 Å². The Balaban J connectivity index is 1.93. The second kappa shape index (κ2) is 6.72. The minimum Gasteiger partial charge on any atom is -0.481 e. The van der Waals surface area contributed by atoms with Crippen molar-refractivity contribution in [2.45, 2.75) is 12.5 Å². The van der Waals surface area contributed by atoms with Crippen molar-refractivity contribution in [3.63, 3.8) is 0 Å². The quantitative estimate of drug-likeness (QED) is 0.866. The van der Waals surface area contributed by atoms with Crippen molar-refractivity contribution in [2.24, 2.45) is 0 Å². The van der Waals surface area contributed by atoms with Gasteiger partial charge in [0.2, 0.25) is 0 Å². The molecule has 0 radical (unpaired) electrons. The largest absolute Gasteiger partial charge is 0.481 e. The highest BCUT2D eigenvalue weighted by Gasteiger charge is 2.23. The molecule has 0 bridgehead atoms. The van der Waals surface area contributed by atoms with Crippen molar-refractivity contribution in [3.05, 3.63) is 29.8 Å². The number of carboxylic acids is 1. The van der Waals surface area contributed by atoms with Crippen molar-refractivity contribution in [3.8, 4) is 6.07 Å². The molecule has 0 saturated carbocycles. The van der Waals surface area contributed by atoms with Gasteiger partial charge in [-0.15, -0.1) is 0 Å². The van der Waals surface area contributed by atoms with Gasteiger partial charge >= 0.3 is 12.0 Å². The van der Waals surface area contributed by atoms with Crippen LogP contribution in [0.15, 0.2) is 24.3 Å². The highest BCUT2D eigenvalue weighted by atomic mass is 16.5. The van der Waals surface area contributed by atoms with Crippen molar-refractivity contribution in [1.82, 2.24) is 4.90 Å². The fourth-order valence-corrected chi connectivity index (χ4v) is 1.99. The number of urea groups is 1. The molecule has 1 heterocycles. The van der Waals surface area contributed by atoms with E-state index in [0.717, 1.165) is 0 Å². The number of hydrogen-bond acceptors (Lipinski definition) is 4. The van der Waals surface area contributed by atoms with Crippen molar-refractivity contribution in [2.75, 3.05) is 25.0 Å². The lowest BCUT2D eigenvalue weighted by atomic mass is 10.1. The summed E-state index contributed by atoms with van der Waals surface area (Å²) >= 11 is 0. The van der Waals surface area contributed by atoms with Gasteiger partial charge in [-0.1, -0.05) is 12.1 Å². The molecule has 7 nitrogen and oxygen atoms in total. The van der Waals surface area contributed by atoms with Gasteiger partial charge in [0.15, 0.2) is 6.10 Å². The molecule has 2 rings (SSSR count). The first-order valence-electron chi connectivity index (χ1n) is 6.46. The molecular weight excluding hydrogens is 274 g/mol. The molecule has 110 valence electrons. The van der Waals surface area contributed by atoms with Gasteiger partial charge in [-0.3, -0.25) is 4.79 Å². The summed E-state index contributed by atoms with van der Waals surface area (Å²) in [6.07, 6.45) is -0.649. The van der Waals surface area contributed by atoms with E-state index in [-0.39, 0.29) is 19.0 Å². The summed E-state index contributed by atoms with van der Waals surface area (Å²) in [5.74, 6) is -0.900. The van der Waals surface area contributed by atoms with Crippen LogP contribution >= 0.6 is 0 Å². The first-order valence-corrected chi connectivity index (χ1v) is 6.46. The highest BCUT2D eigenvalue weighted by molar-refractivity contribution is 5.89. The summed E-state index contributed by atoms with van der Waals surface area (Å²) in [5, 5.41) is 20.2. The van der Waals surface area contributed by atoms with Crippen LogP contribution in [0.5, 0.6) is 0 Å². The lowest BCUT2D eigenvalue weighted by Crippen LogP contribution is -2.46. The average molecular weight is 289 g/mol. The van der Waals surface area contributed by atoms with Crippen LogP contribution in [0, 0.1) is 11.3 Å². The van der Waals surface area contributed by atoms with E-state index in [1.54, 1.807) is 24.3 Å². The molecule has 2 N–H and O–H groups in total. The van der Waals surface area contributed by atoms with Gasteiger partial charge in [-0.05, 0) is 17.7 Å². The Hall–Kier alpha value is -2.59. The number of anilines is 1. The molecule has 1 aliphatic heterocycles. The summed E-state index contributed by atoms with van der Waals surface area (Å²) in [6.45, 7) is 1.00. The molecular formula is C14H15N3O4. The van der Waals surface area contributed by atoms with E-state index in [4.69, 9.17) is 15.1 Å². The van der Waals surface area contributed by atoms with Crippen LogP contribution in [0.4, 0.5) is 10.5 Å². The van der Waals surface area contributed by atoms with Gasteiger partial charge < -0.3 is 20.1 Å². The molecule has 1 fully saturated rings. The summed E-state index contributed by atoms with van der Waals surface area (Å²) in [6, 6.07) is 8.29. The predicted molar refractivity (Wildman–Crippen MR) is 73.7 cm³/mol. The maximum absolute atomic E-state index is 12.0. The molecule has 2 amide bonds. The summed E-state index contributed by atoms with van der Waals surface area (Å²) in [5.41, 5.74) is 1.24. The third kappa shape index (κ3) is 4.19. The number of carbonyl (C=O) groups excluding carboxylic acids is 1. The number of nitriles is 1. The van der Waals surface area contributed by atoms with Crippen LogP contribution in [0.25, 0.3) is 0 Å². The zero-order valence-corrected chi connectivity index (χ0v) is 11.3. The SMILES string of the molecule is N#CC1CN(C(=O)Nc2ccc(CC(=O)O)cc2)CCO1. The van der Waals surface area contributed by atoms with E-state index < -0.39 is 12.1 Å². The Kier molecular flexibility index (Phi) is 4.74. The van der Waals surface area contributed by atoms with E-state index >= 15 is 0 Å². The standard InChI is InChI=1S/C14H15N3O4/c15-8-12-9-17(5-6-21-12)14(20)16-11-3-1-10(2-4-11)7-13(18)19/h1-4,12H,5-7,9H2,(H,16,20)(H,18,19). The Morgan fingerprint density at radius 2 is 2.14 bits per heavy atom. The van der Waals surface area contributed by atoms with Crippen molar-refractivity contribution < 1.29 is 19.4 Å². The Labute approximate surface area is 121 Å². The van der Waals surface area contributed by atoms with Crippen LogP contribution in [-0.4, -0.2) is 47.8 Å². The number of ether oxygens (including phenoxy) is 1. The third-order valence-corrected chi connectivity index (χ3v) is 3.06. The molecule has 1 saturated heterocycles. The number of morpholine rings is 1.